The van der Waals surface area contributed by atoms with Gasteiger partial charge in [0, 0.05) is 15.9 Å². The summed E-state index contributed by atoms with van der Waals surface area (Å²) >= 11 is 4.00. The number of hydrogen-bond donors (Lipinski definition) is 0. The molecule has 0 saturated carbocycles. The zero-order valence-electron chi connectivity index (χ0n) is 20.7. The summed E-state index contributed by atoms with van der Waals surface area (Å²) in [5.74, 6) is 0. The van der Waals surface area contributed by atoms with Gasteiger partial charge in [-0.1, -0.05) is 95.2 Å². The van der Waals surface area contributed by atoms with Crippen LogP contribution in [0.1, 0.15) is 71.6 Å². The Hall–Kier alpha value is -0.683. The fourth-order valence-electron chi connectivity index (χ4n) is 4.13. The first-order chi connectivity index (χ1) is 15.5. The zero-order chi connectivity index (χ0) is 23.1. The maximum Gasteiger partial charge on any atom is 0.187 e. The van der Waals surface area contributed by atoms with Gasteiger partial charge in [0.2, 0.25) is 0 Å². The van der Waals surface area contributed by atoms with E-state index in [0.717, 1.165) is 6.42 Å². The Morgan fingerprint density at radius 3 is 1.78 bits per heavy atom. The average Bonchev–Trinajstić information content (AvgIpc) is 2.77. The van der Waals surface area contributed by atoms with Crippen molar-refractivity contribution in [1.82, 2.24) is 0 Å². The molecule has 0 radical (unpaired) electrons. The highest BCUT2D eigenvalue weighted by molar-refractivity contribution is 8.17. The van der Waals surface area contributed by atoms with E-state index in [9.17, 15) is 0 Å². The first kappa shape index (κ1) is 27.6. The van der Waals surface area contributed by atoms with E-state index >= 15 is 0 Å². The van der Waals surface area contributed by atoms with Crippen molar-refractivity contribution in [2.75, 3.05) is 0 Å². The van der Waals surface area contributed by atoms with Gasteiger partial charge in [-0.05, 0) is 56.2 Å². The molecule has 0 N–H and O–H groups in total. The lowest BCUT2D eigenvalue weighted by atomic mass is 10.1. The highest BCUT2D eigenvalue weighted by Crippen LogP contribution is 2.39. The molecule has 1 unspecified atom stereocenters. The second-order valence-corrected chi connectivity index (χ2v) is 16.4. The smallest absolute Gasteiger partial charge is 0.187 e. The summed E-state index contributed by atoms with van der Waals surface area (Å²) in [4.78, 5) is 2.70. The molecule has 1 atom stereocenters. The molecule has 32 heavy (non-hydrogen) atoms. The second kappa shape index (κ2) is 16.0. The summed E-state index contributed by atoms with van der Waals surface area (Å²) in [5, 5.41) is 0. The van der Waals surface area contributed by atoms with Crippen LogP contribution in [0.15, 0.2) is 70.5 Å². The van der Waals surface area contributed by atoms with Crippen LogP contribution in [0.4, 0.5) is 0 Å². The van der Waals surface area contributed by atoms with Gasteiger partial charge in [0.05, 0.1) is 4.58 Å². The third-order valence-corrected chi connectivity index (χ3v) is 10.9. The number of unbranched alkanes of at least 4 members (excludes halogenated alkanes) is 5. The molecule has 2 aromatic rings. The predicted molar refractivity (Wildman–Crippen MR) is 148 cm³/mol. The van der Waals surface area contributed by atoms with Crippen molar-refractivity contribution in [2.24, 2.45) is 0 Å². The van der Waals surface area contributed by atoms with Crippen molar-refractivity contribution in [3.05, 3.63) is 60.7 Å². The minimum Gasteiger partial charge on any atom is -0.414 e. The van der Waals surface area contributed by atoms with Crippen molar-refractivity contribution >= 4 is 31.8 Å². The Labute approximate surface area is 207 Å². The van der Waals surface area contributed by atoms with Gasteiger partial charge in [-0.3, -0.25) is 0 Å². The molecule has 4 heteroatoms. The quantitative estimate of drug-likeness (QED) is 0.0948. The molecule has 0 amide bonds. The third-order valence-electron chi connectivity index (χ3n) is 5.69. The minimum absolute atomic E-state index is 0.367. The summed E-state index contributed by atoms with van der Waals surface area (Å²) in [6.07, 6.45) is 12.0. The van der Waals surface area contributed by atoms with Gasteiger partial charge in [-0.15, -0.1) is 23.5 Å². The second-order valence-electron chi connectivity index (χ2n) is 9.33. The standard InChI is InChI=1S/C28H44OS2Si/c1-5-7-8-9-10-13-18-25(29-32(3,4)23-6-2)24-28(30-26-19-14-11-15-20-26)31-27-21-16-12-17-22-27/h11-12,14-17,19-22,25,28H,5-10,13,18,23-24H2,1-4H3. The Kier molecular flexibility index (Phi) is 13.8. The molecule has 0 heterocycles. The summed E-state index contributed by atoms with van der Waals surface area (Å²) in [6, 6.07) is 23.0. The van der Waals surface area contributed by atoms with Gasteiger partial charge in [0.15, 0.2) is 8.32 Å². The van der Waals surface area contributed by atoms with Crippen LogP contribution >= 0.6 is 23.5 Å². The molecule has 0 bridgehead atoms. The first-order valence-electron chi connectivity index (χ1n) is 12.6. The van der Waals surface area contributed by atoms with E-state index in [1.807, 2.05) is 23.5 Å². The van der Waals surface area contributed by atoms with Crippen molar-refractivity contribution in [1.29, 1.82) is 0 Å². The van der Waals surface area contributed by atoms with E-state index in [-0.39, 0.29) is 0 Å². The maximum atomic E-state index is 6.92. The number of benzene rings is 2. The van der Waals surface area contributed by atoms with E-state index < -0.39 is 8.32 Å². The van der Waals surface area contributed by atoms with Crippen molar-refractivity contribution < 1.29 is 4.43 Å². The lowest BCUT2D eigenvalue weighted by molar-refractivity contribution is 0.171. The average molecular weight is 489 g/mol. The Morgan fingerprint density at radius 1 is 0.719 bits per heavy atom. The zero-order valence-corrected chi connectivity index (χ0v) is 23.4. The summed E-state index contributed by atoms with van der Waals surface area (Å²) in [5.41, 5.74) is 0. The van der Waals surface area contributed by atoms with Crippen molar-refractivity contribution in [3.8, 4) is 0 Å². The van der Waals surface area contributed by atoms with Gasteiger partial charge in [-0.2, -0.15) is 0 Å². The Balaban J connectivity index is 2.06. The normalized spacial score (nSPS) is 12.9. The van der Waals surface area contributed by atoms with Gasteiger partial charge in [-0.25, -0.2) is 0 Å². The summed E-state index contributed by atoms with van der Waals surface area (Å²) in [6.45, 7) is 9.41. The monoisotopic (exact) mass is 488 g/mol. The van der Waals surface area contributed by atoms with Crippen molar-refractivity contribution in [2.45, 2.75) is 111 Å². The van der Waals surface area contributed by atoms with E-state index in [1.54, 1.807) is 0 Å². The molecule has 2 rings (SSSR count). The summed E-state index contributed by atoms with van der Waals surface area (Å²) < 4.78 is 7.38. The molecule has 0 aliphatic rings. The molecule has 0 aliphatic heterocycles. The van der Waals surface area contributed by atoms with Crippen LogP contribution in [0.25, 0.3) is 0 Å². The van der Waals surface area contributed by atoms with E-state index in [0.29, 0.717) is 10.7 Å². The molecule has 178 valence electrons. The molecular formula is C28H44OS2Si. The van der Waals surface area contributed by atoms with E-state index in [1.165, 1.54) is 67.2 Å². The maximum absolute atomic E-state index is 6.92. The van der Waals surface area contributed by atoms with Crippen LogP contribution in [-0.4, -0.2) is 19.0 Å². The van der Waals surface area contributed by atoms with Crippen LogP contribution in [0.2, 0.25) is 19.1 Å². The van der Waals surface area contributed by atoms with Crippen LogP contribution < -0.4 is 0 Å². The van der Waals surface area contributed by atoms with Gasteiger partial charge < -0.3 is 4.43 Å². The fraction of sp³-hybridized carbons (Fsp3) is 0.571. The number of thioether (sulfide) groups is 2. The molecule has 0 aromatic heterocycles. The molecule has 0 aliphatic carbocycles. The number of hydrogen-bond acceptors (Lipinski definition) is 3. The SMILES string of the molecule is CCCCCCCCC(CC(Sc1ccccc1)Sc1ccccc1)O[Si](C)(C)CCC. The molecule has 0 fully saturated rings. The molecular weight excluding hydrogens is 445 g/mol. The van der Waals surface area contributed by atoms with Crippen molar-refractivity contribution in [3.63, 3.8) is 0 Å². The van der Waals surface area contributed by atoms with Gasteiger partial charge in [0.25, 0.3) is 0 Å². The Bertz CT molecular complexity index is 666. The highest BCUT2D eigenvalue weighted by Gasteiger charge is 2.28. The summed E-state index contributed by atoms with van der Waals surface area (Å²) in [7, 11) is -1.62. The highest BCUT2D eigenvalue weighted by atomic mass is 32.2. The molecule has 0 spiro atoms. The van der Waals surface area contributed by atoms with Gasteiger partial charge >= 0.3 is 0 Å². The fourth-order valence-corrected chi connectivity index (χ4v) is 9.28. The number of rotatable bonds is 17. The Morgan fingerprint density at radius 2 is 1.25 bits per heavy atom. The molecule has 1 nitrogen and oxygen atoms in total. The van der Waals surface area contributed by atoms with Crippen LogP contribution in [0.3, 0.4) is 0 Å². The largest absolute Gasteiger partial charge is 0.414 e. The molecule has 0 saturated heterocycles. The predicted octanol–water partition coefficient (Wildman–Crippen LogP) is 10.0. The topological polar surface area (TPSA) is 9.23 Å². The van der Waals surface area contributed by atoms with Crippen LogP contribution in [0, 0.1) is 0 Å². The van der Waals surface area contributed by atoms with Crippen LogP contribution in [-0.2, 0) is 4.43 Å². The lowest BCUT2D eigenvalue weighted by Crippen LogP contribution is -2.36. The van der Waals surface area contributed by atoms with E-state index in [2.05, 4.69) is 87.6 Å². The lowest BCUT2D eigenvalue weighted by Gasteiger charge is -2.31. The van der Waals surface area contributed by atoms with Crippen LogP contribution in [0.5, 0.6) is 0 Å². The van der Waals surface area contributed by atoms with Gasteiger partial charge in [0.1, 0.15) is 0 Å². The molecule has 2 aromatic carbocycles. The first-order valence-corrected chi connectivity index (χ1v) is 17.5. The van der Waals surface area contributed by atoms with E-state index in [4.69, 9.17) is 4.43 Å². The minimum atomic E-state index is -1.62. The third kappa shape index (κ3) is 12.0.